The Labute approximate surface area is 232 Å². The number of aliphatic carboxylic acids is 1. The lowest BCUT2D eigenvalue weighted by Gasteiger charge is -2.34. The van der Waals surface area contributed by atoms with Gasteiger partial charge in [0.25, 0.3) is 10.0 Å². The number of hydrogen-bond acceptors (Lipinski definition) is 11. The van der Waals surface area contributed by atoms with Crippen LogP contribution < -0.4 is 14.9 Å². The smallest absolute Gasteiger partial charge is 0.424 e. The lowest BCUT2D eigenvalue weighted by molar-refractivity contribution is -0.137. The first-order valence-electron chi connectivity index (χ1n) is 12.1. The van der Waals surface area contributed by atoms with Crippen LogP contribution in [0.1, 0.15) is 24.5 Å². The van der Waals surface area contributed by atoms with Crippen molar-refractivity contribution in [2.24, 2.45) is 0 Å². The van der Waals surface area contributed by atoms with Gasteiger partial charge in [-0.3, -0.25) is 9.52 Å². The van der Waals surface area contributed by atoms with Crippen LogP contribution in [0.2, 0.25) is 0 Å². The number of benzene rings is 2. The summed E-state index contributed by atoms with van der Waals surface area (Å²) in [5.41, 5.74) is 1.15. The van der Waals surface area contributed by atoms with Crippen LogP contribution in [0.15, 0.2) is 47.4 Å². The zero-order valence-corrected chi connectivity index (χ0v) is 23.5. The zero-order valence-electron chi connectivity index (χ0n) is 21.8. The molecular weight excluding hydrogens is 568 g/mol. The molecule has 220 valence electrons. The van der Waals surface area contributed by atoms with Crippen LogP contribution in [-0.2, 0) is 29.6 Å². The van der Waals surface area contributed by atoms with Gasteiger partial charge in [-0.25, -0.2) is 21.6 Å². The number of sulfonamides is 2. The van der Waals surface area contributed by atoms with E-state index in [0.29, 0.717) is 18.7 Å². The molecule has 1 heterocycles. The second-order valence-corrected chi connectivity index (χ2v) is 12.8. The van der Waals surface area contributed by atoms with Crippen molar-refractivity contribution in [3.8, 4) is 5.75 Å². The van der Waals surface area contributed by atoms with E-state index in [1.54, 1.807) is 12.1 Å². The van der Waals surface area contributed by atoms with E-state index >= 15 is 0 Å². The van der Waals surface area contributed by atoms with Crippen molar-refractivity contribution in [2.45, 2.75) is 29.9 Å². The number of nitrogens with zero attached hydrogens (tertiary/aromatic N) is 2. The normalized spacial score (nSPS) is 15.3. The van der Waals surface area contributed by atoms with Crippen LogP contribution in [0.4, 0.5) is 16.2 Å². The summed E-state index contributed by atoms with van der Waals surface area (Å²) in [5.74, 6) is -1.76. The largest absolute Gasteiger partial charge is 0.506 e. The number of carbonyl (C=O) groups excluding carboxylic acids is 1. The summed E-state index contributed by atoms with van der Waals surface area (Å²) in [5, 5.41) is 32.7. The summed E-state index contributed by atoms with van der Waals surface area (Å²) in [7, 11) is -7.09. The Morgan fingerprint density at radius 3 is 2.27 bits per heavy atom. The molecule has 2 aromatic rings. The molecule has 0 spiro atoms. The molecule has 3 rings (SSSR count). The third-order valence-electron chi connectivity index (χ3n) is 6.24. The highest BCUT2D eigenvalue weighted by Gasteiger charge is 2.32. The number of carbonyl (C=O) groups is 2. The summed E-state index contributed by atoms with van der Waals surface area (Å²) < 4.78 is 55.4. The number of phenols is 1. The number of aliphatic hydroxyl groups is 1. The number of piperidine rings is 1. The minimum Gasteiger partial charge on any atom is -0.506 e. The van der Waals surface area contributed by atoms with Gasteiger partial charge >= 0.3 is 12.1 Å². The van der Waals surface area contributed by atoms with E-state index in [-0.39, 0.29) is 33.2 Å². The molecule has 5 N–H and O–H groups in total. The van der Waals surface area contributed by atoms with Gasteiger partial charge in [0.1, 0.15) is 12.3 Å². The van der Waals surface area contributed by atoms with Gasteiger partial charge in [-0.15, -0.1) is 0 Å². The molecule has 1 aliphatic rings. The maximum absolute atomic E-state index is 12.8. The van der Waals surface area contributed by atoms with Gasteiger partial charge in [-0.05, 0) is 54.8 Å². The summed E-state index contributed by atoms with van der Waals surface area (Å²) >= 11 is 0. The van der Waals surface area contributed by atoms with E-state index < -0.39 is 44.8 Å². The summed E-state index contributed by atoms with van der Waals surface area (Å²) in [4.78, 5) is 24.7. The van der Waals surface area contributed by atoms with Crippen molar-refractivity contribution in [1.82, 2.24) is 9.62 Å². The monoisotopic (exact) mass is 600 g/mol. The molecule has 0 aliphatic carbocycles. The Hall–Kier alpha value is -3.60. The fourth-order valence-electron chi connectivity index (χ4n) is 4.21. The van der Waals surface area contributed by atoms with Crippen molar-refractivity contribution in [3.05, 3.63) is 48.0 Å². The zero-order chi connectivity index (χ0) is 29.7. The molecule has 0 radical (unpaired) electrons. The van der Waals surface area contributed by atoms with Gasteiger partial charge in [0.2, 0.25) is 10.0 Å². The number of ether oxygens (including phenoxy) is 1. The Kier molecular flexibility index (Phi) is 9.83. The van der Waals surface area contributed by atoms with Crippen molar-refractivity contribution >= 4 is 43.5 Å². The van der Waals surface area contributed by atoms with Crippen molar-refractivity contribution in [3.63, 3.8) is 0 Å². The Morgan fingerprint density at radius 1 is 1.10 bits per heavy atom. The second-order valence-electron chi connectivity index (χ2n) is 9.21. The van der Waals surface area contributed by atoms with Gasteiger partial charge in [0.05, 0.1) is 30.1 Å². The lowest BCUT2D eigenvalue weighted by atomic mass is 10.0. The van der Waals surface area contributed by atoms with E-state index in [0.717, 1.165) is 31.9 Å². The van der Waals surface area contributed by atoms with Crippen molar-refractivity contribution in [2.75, 3.05) is 49.2 Å². The summed E-state index contributed by atoms with van der Waals surface area (Å²) in [6.07, 6.45) is 0.151. The Balaban J connectivity index is 1.57. The average molecular weight is 601 g/mol. The highest BCUT2D eigenvalue weighted by atomic mass is 32.2. The fraction of sp³-hybridized carbons (Fsp3) is 0.417. The minimum absolute atomic E-state index is 0.0222. The van der Waals surface area contributed by atoms with Crippen LogP contribution in [0, 0.1) is 0 Å². The van der Waals surface area contributed by atoms with Gasteiger partial charge in [0, 0.05) is 31.4 Å². The number of phenolic OH excluding ortho intramolecular Hbond substituents is 1. The number of carboxylic acids is 1. The number of rotatable bonds is 11. The first-order valence-corrected chi connectivity index (χ1v) is 15.4. The van der Waals surface area contributed by atoms with Crippen molar-refractivity contribution in [1.29, 1.82) is 0 Å². The van der Waals surface area contributed by atoms with Gasteiger partial charge in [-0.1, -0.05) is 6.07 Å². The average Bonchev–Trinajstić information content (AvgIpc) is 2.90. The summed E-state index contributed by atoms with van der Waals surface area (Å²) in [6, 6.07) is 10.0. The molecule has 14 nitrogen and oxygen atoms in total. The predicted molar refractivity (Wildman–Crippen MR) is 145 cm³/mol. The molecule has 2 aromatic carbocycles. The fourth-order valence-corrected chi connectivity index (χ4v) is 6.06. The molecule has 0 saturated carbocycles. The molecule has 1 fully saturated rings. The molecule has 1 atom stereocenters. The van der Waals surface area contributed by atoms with Crippen molar-refractivity contribution < 1.29 is 46.5 Å². The molecule has 0 aromatic heterocycles. The first-order chi connectivity index (χ1) is 18.7. The van der Waals surface area contributed by atoms with E-state index in [4.69, 9.17) is 5.11 Å². The van der Waals surface area contributed by atoms with E-state index in [1.807, 2.05) is 4.90 Å². The molecule has 40 heavy (non-hydrogen) atoms. The maximum atomic E-state index is 12.8. The Bertz CT molecular complexity index is 1420. The van der Waals surface area contributed by atoms with Gasteiger partial charge in [-0.2, -0.15) is 4.31 Å². The number of aromatic hydroxyl groups is 1. The number of nitrogens with one attached hydrogen (secondary N) is 2. The van der Waals surface area contributed by atoms with E-state index in [9.17, 15) is 36.6 Å². The maximum Gasteiger partial charge on any atom is 0.424 e. The minimum atomic E-state index is -4.44. The van der Waals surface area contributed by atoms with Gasteiger partial charge in [0.15, 0.2) is 0 Å². The van der Waals surface area contributed by atoms with Crippen LogP contribution in [0.25, 0.3) is 0 Å². The number of amides is 1. The second kappa shape index (κ2) is 12.7. The van der Waals surface area contributed by atoms with E-state index in [2.05, 4.69) is 14.8 Å². The molecular formula is C24H32N4O10S2. The van der Waals surface area contributed by atoms with Gasteiger partial charge < -0.3 is 30.3 Å². The topological polar surface area (TPSA) is 203 Å². The van der Waals surface area contributed by atoms with Crippen LogP contribution in [0.3, 0.4) is 0 Å². The molecule has 1 aliphatic heterocycles. The molecule has 16 heteroatoms. The number of methoxy groups -OCH3 is 1. The third kappa shape index (κ3) is 7.97. The highest BCUT2D eigenvalue weighted by molar-refractivity contribution is 7.92. The SMILES string of the molecule is COC(=O)N(CC(=O)O)S(=O)(=O)c1ccc(N2CCC(NC[C@@H](O)c3ccc(O)c(NS(C)(=O)=O)c3)CC2)cc1. The number of aliphatic hydroxyl groups excluding tert-OH is 1. The van der Waals surface area contributed by atoms with Crippen LogP contribution in [0.5, 0.6) is 5.75 Å². The Morgan fingerprint density at radius 2 is 1.73 bits per heavy atom. The summed E-state index contributed by atoms with van der Waals surface area (Å²) in [6.45, 7) is 0.397. The first kappa shape index (κ1) is 30.9. The quantitative estimate of drug-likeness (QED) is 0.228. The number of hydrogen-bond donors (Lipinski definition) is 5. The van der Waals surface area contributed by atoms with E-state index in [1.165, 1.54) is 30.3 Å². The standard InChI is InChI=1S/C24H32N4O10S2/c1-38-24(33)28(15-23(31)32)40(36,37)19-6-4-18(5-7-19)27-11-9-17(10-12-27)25-14-22(30)16-3-8-21(29)20(13-16)26-39(2,34)35/h3-8,13,17,22,25-26,29-30H,9-12,14-15H2,1-2H3,(H,31,32)/t22-/m1/s1. The molecule has 0 bridgehead atoms. The molecule has 0 unspecified atom stereocenters. The number of anilines is 2. The van der Waals surface area contributed by atoms with Crippen LogP contribution in [-0.4, -0.2) is 94.1 Å². The predicted octanol–water partition coefficient (Wildman–Crippen LogP) is 0.897. The number of carboxylic acid groups (broad SMARTS) is 1. The van der Waals surface area contributed by atoms with Crippen LogP contribution >= 0.6 is 0 Å². The molecule has 1 saturated heterocycles. The highest BCUT2D eigenvalue weighted by Crippen LogP contribution is 2.28. The lowest BCUT2D eigenvalue weighted by Crippen LogP contribution is -2.43. The third-order valence-corrected chi connectivity index (χ3v) is 8.56. The molecule has 1 amide bonds.